The van der Waals surface area contributed by atoms with Crippen LogP contribution in [0, 0.1) is 5.92 Å². The van der Waals surface area contributed by atoms with Crippen molar-refractivity contribution in [1.29, 1.82) is 0 Å². The number of aliphatic imine (C=N–C) groups is 1. The van der Waals surface area contributed by atoms with Crippen molar-refractivity contribution >= 4 is 41.3 Å². The van der Waals surface area contributed by atoms with Crippen LogP contribution in [0.3, 0.4) is 0 Å². The van der Waals surface area contributed by atoms with Crippen LogP contribution in [-0.4, -0.2) is 67.6 Å². The van der Waals surface area contributed by atoms with Crippen LogP contribution in [0.15, 0.2) is 22.5 Å². The minimum absolute atomic E-state index is 0. The van der Waals surface area contributed by atoms with Crippen molar-refractivity contribution in [3.05, 3.63) is 22.4 Å². The zero-order chi connectivity index (χ0) is 18.5. The summed E-state index contributed by atoms with van der Waals surface area (Å²) in [6.07, 6.45) is 6.82. The Bertz CT molecular complexity index is 598. The van der Waals surface area contributed by atoms with E-state index in [1.165, 1.54) is 63.2 Å². The summed E-state index contributed by atoms with van der Waals surface area (Å²) in [6, 6.07) is 5.78. The molecule has 3 heterocycles. The summed E-state index contributed by atoms with van der Waals surface area (Å²) in [5, 5.41) is 9.28. The van der Waals surface area contributed by atoms with Crippen molar-refractivity contribution < 1.29 is 0 Å². The fourth-order valence-electron chi connectivity index (χ4n) is 4.48. The van der Waals surface area contributed by atoms with Gasteiger partial charge >= 0.3 is 0 Å². The molecule has 2 N–H and O–H groups in total. The molecule has 7 heteroatoms. The van der Waals surface area contributed by atoms with Crippen LogP contribution in [0.2, 0.25) is 0 Å². The predicted molar refractivity (Wildman–Crippen MR) is 130 cm³/mol. The Morgan fingerprint density at radius 3 is 2.71 bits per heavy atom. The van der Waals surface area contributed by atoms with E-state index in [2.05, 4.69) is 44.9 Å². The molecule has 158 valence electrons. The first-order valence-electron chi connectivity index (χ1n) is 10.9. The number of rotatable bonds is 8. The van der Waals surface area contributed by atoms with Crippen LogP contribution in [0.4, 0.5) is 0 Å². The molecule has 2 saturated heterocycles. The monoisotopic (exact) mass is 517 g/mol. The molecule has 28 heavy (non-hydrogen) atoms. The summed E-state index contributed by atoms with van der Waals surface area (Å²) >= 11 is 1.87. The molecular formula is C21H36IN5S. The van der Waals surface area contributed by atoms with Crippen molar-refractivity contribution in [1.82, 2.24) is 20.4 Å². The number of likely N-dealkylation sites (tertiary alicyclic amines) is 2. The number of hydrogen-bond donors (Lipinski definition) is 2. The van der Waals surface area contributed by atoms with Gasteiger partial charge in [0, 0.05) is 30.6 Å². The lowest BCUT2D eigenvalue weighted by atomic mass is 10.1. The highest BCUT2D eigenvalue weighted by Crippen LogP contribution is 2.31. The lowest BCUT2D eigenvalue weighted by Gasteiger charge is -2.25. The van der Waals surface area contributed by atoms with Gasteiger partial charge in [0.2, 0.25) is 0 Å². The Hall–Kier alpha value is -0.380. The van der Waals surface area contributed by atoms with Gasteiger partial charge in [0.05, 0.1) is 12.6 Å². The molecule has 2 atom stereocenters. The topological polar surface area (TPSA) is 42.9 Å². The summed E-state index contributed by atoms with van der Waals surface area (Å²) in [5.74, 6) is 1.75. The molecule has 0 bridgehead atoms. The number of guanidine groups is 1. The van der Waals surface area contributed by atoms with E-state index in [0.29, 0.717) is 6.04 Å². The minimum Gasteiger partial charge on any atom is -0.357 e. The number of nitrogens with zero attached hydrogens (tertiary/aromatic N) is 3. The summed E-state index contributed by atoms with van der Waals surface area (Å²) in [6.45, 7) is 9.93. The molecule has 1 aliphatic carbocycles. The minimum atomic E-state index is 0. The zero-order valence-electron chi connectivity index (χ0n) is 17.1. The van der Waals surface area contributed by atoms with Crippen LogP contribution in [0.1, 0.15) is 49.9 Å². The molecule has 0 aromatic carbocycles. The van der Waals surface area contributed by atoms with E-state index in [0.717, 1.165) is 37.6 Å². The Kier molecular flexibility index (Phi) is 8.87. The van der Waals surface area contributed by atoms with Crippen molar-refractivity contribution in [2.45, 2.75) is 51.1 Å². The highest BCUT2D eigenvalue weighted by atomic mass is 127. The van der Waals surface area contributed by atoms with Crippen molar-refractivity contribution in [3.8, 4) is 0 Å². The zero-order valence-corrected chi connectivity index (χ0v) is 20.3. The average Bonchev–Trinajstić information content (AvgIpc) is 3.14. The third kappa shape index (κ3) is 6.06. The van der Waals surface area contributed by atoms with E-state index >= 15 is 0 Å². The first kappa shape index (κ1) is 22.3. The first-order valence-corrected chi connectivity index (χ1v) is 11.7. The Labute approximate surface area is 191 Å². The third-order valence-electron chi connectivity index (χ3n) is 6.16. The van der Waals surface area contributed by atoms with Crippen molar-refractivity contribution in [3.63, 3.8) is 0 Å². The summed E-state index contributed by atoms with van der Waals surface area (Å²) in [5.41, 5.74) is 0. The van der Waals surface area contributed by atoms with Crippen LogP contribution >= 0.6 is 35.3 Å². The molecule has 0 spiro atoms. The normalized spacial score (nSPS) is 24.9. The molecule has 1 saturated carbocycles. The maximum absolute atomic E-state index is 4.99. The Morgan fingerprint density at radius 2 is 2.04 bits per heavy atom. The molecule has 2 unspecified atom stereocenters. The average molecular weight is 518 g/mol. The second kappa shape index (κ2) is 11.1. The second-order valence-electron chi connectivity index (χ2n) is 8.26. The molecule has 3 aliphatic rings. The lowest BCUT2D eigenvalue weighted by Crippen LogP contribution is -2.41. The van der Waals surface area contributed by atoms with E-state index in [-0.39, 0.29) is 24.0 Å². The molecule has 5 nitrogen and oxygen atoms in total. The second-order valence-corrected chi connectivity index (χ2v) is 9.23. The van der Waals surface area contributed by atoms with E-state index in [9.17, 15) is 0 Å². The van der Waals surface area contributed by atoms with Crippen LogP contribution in [-0.2, 0) is 0 Å². The Morgan fingerprint density at radius 1 is 1.21 bits per heavy atom. The van der Waals surface area contributed by atoms with Gasteiger partial charge in [-0.05, 0) is 76.0 Å². The van der Waals surface area contributed by atoms with Gasteiger partial charge in [-0.3, -0.25) is 9.89 Å². The fraction of sp³-hybridized carbons (Fsp3) is 0.762. The van der Waals surface area contributed by atoms with Crippen LogP contribution < -0.4 is 10.6 Å². The number of halogens is 1. The fourth-order valence-corrected chi connectivity index (χ4v) is 5.33. The maximum Gasteiger partial charge on any atom is 0.191 e. The van der Waals surface area contributed by atoms with Crippen LogP contribution in [0.5, 0.6) is 0 Å². The molecule has 2 aliphatic heterocycles. The van der Waals surface area contributed by atoms with Crippen molar-refractivity contribution in [2.24, 2.45) is 10.9 Å². The van der Waals surface area contributed by atoms with Gasteiger partial charge in [-0.1, -0.05) is 6.07 Å². The predicted octanol–water partition coefficient (Wildman–Crippen LogP) is 3.54. The molecule has 1 aromatic heterocycles. The third-order valence-corrected chi connectivity index (χ3v) is 7.13. The first-order chi connectivity index (χ1) is 13.3. The molecule has 3 fully saturated rings. The summed E-state index contributed by atoms with van der Waals surface area (Å²) in [4.78, 5) is 11.7. The Balaban J connectivity index is 0.00000225. The van der Waals surface area contributed by atoms with Gasteiger partial charge in [0.1, 0.15) is 0 Å². The van der Waals surface area contributed by atoms with E-state index < -0.39 is 0 Å². The number of nitrogens with one attached hydrogen (secondary N) is 2. The standard InChI is InChI=1S/C21H35N5S.HI/c1-2-22-21(23-14-17-9-12-26(16-17)18-7-8-18)24-15-19(20-6-5-13-27-20)25-10-3-4-11-25;/h5-6,13,17-19H,2-4,7-12,14-16H2,1H3,(H2,22,23,24);1H. The van der Waals surface area contributed by atoms with E-state index in [1.807, 2.05) is 11.3 Å². The van der Waals surface area contributed by atoms with Gasteiger partial charge in [-0.15, -0.1) is 35.3 Å². The summed E-state index contributed by atoms with van der Waals surface area (Å²) in [7, 11) is 0. The van der Waals surface area contributed by atoms with E-state index in [4.69, 9.17) is 4.99 Å². The van der Waals surface area contributed by atoms with Gasteiger partial charge in [0.25, 0.3) is 0 Å². The number of hydrogen-bond acceptors (Lipinski definition) is 4. The van der Waals surface area contributed by atoms with Gasteiger partial charge < -0.3 is 15.5 Å². The smallest absolute Gasteiger partial charge is 0.191 e. The van der Waals surface area contributed by atoms with Crippen LogP contribution in [0.25, 0.3) is 0 Å². The molecular weight excluding hydrogens is 481 g/mol. The number of thiophene rings is 1. The molecule has 0 amide bonds. The highest BCUT2D eigenvalue weighted by molar-refractivity contribution is 14.0. The van der Waals surface area contributed by atoms with Gasteiger partial charge in [0.15, 0.2) is 5.96 Å². The van der Waals surface area contributed by atoms with Crippen molar-refractivity contribution in [2.75, 3.05) is 45.8 Å². The quantitative estimate of drug-likeness (QED) is 0.315. The van der Waals surface area contributed by atoms with E-state index in [1.54, 1.807) is 0 Å². The molecule has 1 aromatic rings. The lowest BCUT2D eigenvalue weighted by molar-refractivity contribution is 0.255. The highest BCUT2D eigenvalue weighted by Gasteiger charge is 2.34. The van der Waals surface area contributed by atoms with Gasteiger partial charge in [-0.2, -0.15) is 0 Å². The molecule has 0 radical (unpaired) electrons. The maximum atomic E-state index is 4.99. The largest absolute Gasteiger partial charge is 0.357 e. The SMILES string of the molecule is CCNC(=NCC(c1cccs1)N1CCCC1)NCC1CCN(C2CC2)C1.I. The summed E-state index contributed by atoms with van der Waals surface area (Å²) < 4.78 is 0. The van der Waals surface area contributed by atoms with Gasteiger partial charge in [-0.25, -0.2) is 0 Å². The molecule has 4 rings (SSSR count).